The lowest BCUT2D eigenvalue weighted by molar-refractivity contribution is 0.0533. The second-order valence-electron chi connectivity index (χ2n) is 2.36. The lowest BCUT2D eigenvalue weighted by Crippen LogP contribution is -2.05. The largest absolute Gasteiger partial charge is 0.498 e. The van der Waals surface area contributed by atoms with Gasteiger partial charge in [0.2, 0.25) is 0 Å². The van der Waals surface area contributed by atoms with Crippen molar-refractivity contribution >= 4 is 23.0 Å². The van der Waals surface area contributed by atoms with Crippen LogP contribution in [0.3, 0.4) is 0 Å². The van der Waals surface area contributed by atoms with Gasteiger partial charge >= 0.3 is 5.97 Å². The van der Waals surface area contributed by atoms with Gasteiger partial charge in [-0.25, -0.2) is 4.79 Å². The normalized spacial score (nSPS) is 9.43. The summed E-state index contributed by atoms with van der Waals surface area (Å²) in [6.45, 7) is 1.88. The first-order valence-corrected chi connectivity index (χ1v) is 4.61. The van der Waals surface area contributed by atoms with Gasteiger partial charge in [-0.2, -0.15) is 5.26 Å². The molecule has 0 bridgehead atoms. The third-order valence-electron chi connectivity index (χ3n) is 1.50. The van der Waals surface area contributed by atoms with Crippen LogP contribution in [0.15, 0.2) is 0 Å². The standard InChI is InChI=1S/C8H8N2O3S/c1-2-13-7(11)6-5(10)4(3-9)8(12)14-6/h12H,2,10H2,1H3. The molecule has 0 saturated carbocycles. The number of nitrogen functional groups attached to an aromatic ring is 1. The van der Waals surface area contributed by atoms with Crippen molar-refractivity contribution < 1.29 is 14.6 Å². The Morgan fingerprint density at radius 1 is 1.79 bits per heavy atom. The number of thiophene rings is 1. The Hall–Kier alpha value is -1.74. The minimum Gasteiger partial charge on any atom is -0.498 e. The number of hydrogen-bond acceptors (Lipinski definition) is 6. The number of carbonyl (C=O) groups is 1. The van der Waals surface area contributed by atoms with Crippen LogP contribution in [0.25, 0.3) is 0 Å². The van der Waals surface area contributed by atoms with E-state index in [0.717, 1.165) is 11.3 Å². The van der Waals surface area contributed by atoms with Crippen LogP contribution in [0.1, 0.15) is 22.2 Å². The second kappa shape index (κ2) is 3.98. The molecule has 6 heteroatoms. The maximum atomic E-state index is 11.2. The molecule has 0 radical (unpaired) electrons. The fourth-order valence-corrected chi connectivity index (χ4v) is 1.69. The third kappa shape index (κ3) is 1.63. The molecule has 0 atom stereocenters. The highest BCUT2D eigenvalue weighted by Crippen LogP contribution is 2.36. The fraction of sp³-hybridized carbons (Fsp3) is 0.250. The molecule has 14 heavy (non-hydrogen) atoms. The maximum absolute atomic E-state index is 11.2. The molecule has 0 spiro atoms. The number of nitrogens with zero attached hydrogens (tertiary/aromatic N) is 1. The van der Waals surface area contributed by atoms with Crippen LogP contribution in [0, 0.1) is 11.3 Å². The molecule has 0 saturated heterocycles. The molecule has 1 aromatic heterocycles. The van der Waals surface area contributed by atoms with E-state index in [-0.39, 0.29) is 27.8 Å². The first-order chi connectivity index (χ1) is 6.61. The predicted octanol–water partition coefficient (Wildman–Crippen LogP) is 1.08. The van der Waals surface area contributed by atoms with E-state index in [2.05, 4.69) is 0 Å². The molecule has 0 aliphatic heterocycles. The van der Waals surface area contributed by atoms with Crippen LogP contribution in [0.5, 0.6) is 5.06 Å². The van der Waals surface area contributed by atoms with E-state index in [9.17, 15) is 9.90 Å². The summed E-state index contributed by atoms with van der Waals surface area (Å²) in [7, 11) is 0. The molecule has 0 unspecified atom stereocenters. The van der Waals surface area contributed by atoms with E-state index in [4.69, 9.17) is 15.7 Å². The van der Waals surface area contributed by atoms with Crippen LogP contribution in [-0.4, -0.2) is 17.7 Å². The summed E-state index contributed by atoms with van der Waals surface area (Å²) in [4.78, 5) is 11.3. The topological polar surface area (TPSA) is 96.3 Å². The lowest BCUT2D eigenvalue weighted by atomic mass is 10.2. The van der Waals surface area contributed by atoms with Crippen molar-refractivity contribution in [2.24, 2.45) is 0 Å². The zero-order valence-corrected chi connectivity index (χ0v) is 8.22. The molecular formula is C8H8N2O3S. The Bertz CT molecular complexity index is 405. The van der Waals surface area contributed by atoms with Gasteiger partial charge in [0.1, 0.15) is 16.5 Å². The predicted molar refractivity (Wildman–Crippen MR) is 51.1 cm³/mol. The van der Waals surface area contributed by atoms with Gasteiger partial charge in [-0.3, -0.25) is 0 Å². The zero-order chi connectivity index (χ0) is 10.7. The van der Waals surface area contributed by atoms with Crippen molar-refractivity contribution in [1.82, 2.24) is 0 Å². The molecule has 0 fully saturated rings. The molecular weight excluding hydrogens is 204 g/mol. The van der Waals surface area contributed by atoms with Gasteiger partial charge in [-0.05, 0) is 6.92 Å². The highest BCUT2D eigenvalue weighted by molar-refractivity contribution is 7.16. The minimum absolute atomic E-state index is 0.0200. The number of rotatable bonds is 2. The van der Waals surface area contributed by atoms with E-state index < -0.39 is 5.97 Å². The van der Waals surface area contributed by atoms with E-state index in [1.54, 1.807) is 13.0 Å². The average Bonchev–Trinajstić information content (AvgIpc) is 2.42. The van der Waals surface area contributed by atoms with Crippen LogP contribution in [-0.2, 0) is 4.74 Å². The molecule has 1 heterocycles. The summed E-state index contributed by atoms with van der Waals surface area (Å²) in [6, 6.07) is 1.71. The maximum Gasteiger partial charge on any atom is 0.350 e. The second-order valence-corrected chi connectivity index (χ2v) is 3.36. The highest BCUT2D eigenvalue weighted by Gasteiger charge is 2.21. The lowest BCUT2D eigenvalue weighted by Gasteiger charge is -1.98. The van der Waals surface area contributed by atoms with Crippen LogP contribution in [0.2, 0.25) is 0 Å². The minimum atomic E-state index is -0.619. The fourth-order valence-electron chi connectivity index (χ4n) is 0.888. The first kappa shape index (κ1) is 10.3. The van der Waals surface area contributed by atoms with Gasteiger partial charge in [0.25, 0.3) is 0 Å². The third-order valence-corrected chi connectivity index (χ3v) is 2.49. The summed E-state index contributed by atoms with van der Waals surface area (Å²) < 4.78 is 4.69. The quantitative estimate of drug-likeness (QED) is 0.715. The Morgan fingerprint density at radius 2 is 2.43 bits per heavy atom. The van der Waals surface area contributed by atoms with Gasteiger partial charge in [0.15, 0.2) is 5.06 Å². The number of nitriles is 1. The average molecular weight is 212 g/mol. The molecule has 1 aromatic rings. The smallest absolute Gasteiger partial charge is 0.350 e. The Labute approximate surface area is 84.3 Å². The molecule has 1 rings (SSSR count). The highest BCUT2D eigenvalue weighted by atomic mass is 32.1. The summed E-state index contributed by atoms with van der Waals surface area (Å²) in [5.74, 6) is -0.619. The van der Waals surface area contributed by atoms with Crippen molar-refractivity contribution in [1.29, 1.82) is 5.26 Å². The van der Waals surface area contributed by atoms with E-state index in [0.29, 0.717) is 0 Å². The number of nitrogens with two attached hydrogens (primary N) is 1. The van der Waals surface area contributed by atoms with Crippen molar-refractivity contribution in [2.45, 2.75) is 6.92 Å². The van der Waals surface area contributed by atoms with E-state index in [1.165, 1.54) is 0 Å². The van der Waals surface area contributed by atoms with E-state index >= 15 is 0 Å². The Morgan fingerprint density at radius 3 is 2.86 bits per heavy atom. The molecule has 3 N–H and O–H groups in total. The van der Waals surface area contributed by atoms with Crippen LogP contribution < -0.4 is 5.73 Å². The summed E-state index contributed by atoms with van der Waals surface area (Å²) in [5.41, 5.74) is 5.38. The summed E-state index contributed by atoms with van der Waals surface area (Å²) >= 11 is 0.747. The van der Waals surface area contributed by atoms with Crippen molar-refractivity contribution in [3.63, 3.8) is 0 Å². The monoisotopic (exact) mass is 212 g/mol. The molecule has 0 amide bonds. The van der Waals surface area contributed by atoms with Crippen LogP contribution >= 0.6 is 11.3 Å². The van der Waals surface area contributed by atoms with Gasteiger partial charge in [-0.15, -0.1) is 0 Å². The number of aromatic hydroxyl groups is 1. The first-order valence-electron chi connectivity index (χ1n) is 3.80. The van der Waals surface area contributed by atoms with Crippen molar-refractivity contribution in [2.75, 3.05) is 12.3 Å². The SMILES string of the molecule is CCOC(=O)c1sc(O)c(C#N)c1N. The van der Waals surface area contributed by atoms with Crippen molar-refractivity contribution in [3.8, 4) is 11.1 Å². The summed E-state index contributed by atoms with van der Waals surface area (Å²) in [6.07, 6.45) is 0. The molecule has 5 nitrogen and oxygen atoms in total. The molecule has 0 aliphatic carbocycles. The van der Waals surface area contributed by atoms with Crippen molar-refractivity contribution in [3.05, 3.63) is 10.4 Å². The van der Waals surface area contributed by atoms with Gasteiger partial charge in [-0.1, -0.05) is 11.3 Å². The van der Waals surface area contributed by atoms with Gasteiger partial charge in [0.05, 0.1) is 12.3 Å². The summed E-state index contributed by atoms with van der Waals surface area (Å²) in [5, 5.41) is 17.6. The number of anilines is 1. The number of esters is 1. The number of carbonyl (C=O) groups excluding carboxylic acids is 1. The number of ether oxygens (including phenoxy) is 1. The molecule has 0 aromatic carbocycles. The number of hydrogen-bond donors (Lipinski definition) is 2. The Balaban J connectivity index is 3.13. The molecule has 0 aliphatic rings. The Kier molecular flexibility index (Phi) is 2.94. The van der Waals surface area contributed by atoms with Crippen LogP contribution in [0.4, 0.5) is 5.69 Å². The molecule has 74 valence electrons. The van der Waals surface area contributed by atoms with Gasteiger partial charge in [0, 0.05) is 0 Å². The zero-order valence-electron chi connectivity index (χ0n) is 7.40. The van der Waals surface area contributed by atoms with E-state index in [1.807, 2.05) is 0 Å². The van der Waals surface area contributed by atoms with Gasteiger partial charge < -0.3 is 15.6 Å².